The van der Waals surface area contributed by atoms with E-state index in [0.29, 0.717) is 17.1 Å². The van der Waals surface area contributed by atoms with Crippen molar-refractivity contribution in [3.63, 3.8) is 0 Å². The van der Waals surface area contributed by atoms with E-state index in [9.17, 15) is 13.5 Å². The highest BCUT2D eigenvalue weighted by Gasteiger charge is 2.37. The Morgan fingerprint density at radius 3 is 2.06 bits per heavy atom. The SMILES string of the molecule is O=S(=O)(Cc1ccccc1Oc1cccc(O)c1)N(C1CCCCC1)C1CCCCC1. The van der Waals surface area contributed by atoms with Crippen LogP contribution in [-0.4, -0.2) is 29.9 Å². The first-order valence-corrected chi connectivity index (χ1v) is 13.2. The fourth-order valence-corrected chi connectivity index (χ4v) is 7.20. The molecule has 2 saturated carbocycles. The van der Waals surface area contributed by atoms with Crippen LogP contribution >= 0.6 is 0 Å². The zero-order valence-corrected chi connectivity index (χ0v) is 18.9. The van der Waals surface area contributed by atoms with Gasteiger partial charge in [-0.25, -0.2) is 8.42 Å². The molecule has 1 N–H and O–H groups in total. The molecule has 0 unspecified atom stereocenters. The number of hydrogen-bond donors (Lipinski definition) is 1. The largest absolute Gasteiger partial charge is 0.508 e. The number of para-hydroxylation sites is 1. The van der Waals surface area contributed by atoms with Crippen molar-refractivity contribution in [2.45, 2.75) is 82.0 Å². The molecule has 2 fully saturated rings. The van der Waals surface area contributed by atoms with Crippen LogP contribution in [-0.2, 0) is 15.8 Å². The van der Waals surface area contributed by atoms with Crippen molar-refractivity contribution in [1.29, 1.82) is 0 Å². The van der Waals surface area contributed by atoms with Crippen molar-refractivity contribution in [2.24, 2.45) is 0 Å². The lowest BCUT2D eigenvalue weighted by Gasteiger charge is -2.40. The molecule has 4 rings (SSSR count). The molecule has 0 saturated heterocycles. The predicted molar refractivity (Wildman–Crippen MR) is 123 cm³/mol. The molecule has 0 spiro atoms. The Kier molecular flexibility index (Phi) is 7.18. The highest BCUT2D eigenvalue weighted by Crippen LogP contribution is 2.35. The van der Waals surface area contributed by atoms with Gasteiger partial charge in [0.15, 0.2) is 0 Å². The fourth-order valence-electron chi connectivity index (χ4n) is 5.09. The van der Waals surface area contributed by atoms with Gasteiger partial charge < -0.3 is 9.84 Å². The van der Waals surface area contributed by atoms with Crippen LogP contribution in [0.4, 0.5) is 0 Å². The highest BCUT2D eigenvalue weighted by molar-refractivity contribution is 7.88. The fraction of sp³-hybridized carbons (Fsp3) is 0.520. The number of rotatable bonds is 7. The minimum absolute atomic E-state index is 0.0605. The van der Waals surface area contributed by atoms with E-state index in [4.69, 9.17) is 4.74 Å². The Morgan fingerprint density at radius 1 is 0.839 bits per heavy atom. The van der Waals surface area contributed by atoms with Gasteiger partial charge >= 0.3 is 0 Å². The van der Waals surface area contributed by atoms with E-state index in [1.807, 2.05) is 22.5 Å². The average Bonchev–Trinajstić information content (AvgIpc) is 2.76. The summed E-state index contributed by atoms with van der Waals surface area (Å²) in [6.45, 7) is 0. The maximum atomic E-state index is 13.8. The molecular weight excluding hydrogens is 410 g/mol. The van der Waals surface area contributed by atoms with Crippen molar-refractivity contribution in [2.75, 3.05) is 0 Å². The zero-order chi connectivity index (χ0) is 21.7. The minimum Gasteiger partial charge on any atom is -0.508 e. The summed E-state index contributed by atoms with van der Waals surface area (Å²) in [5, 5.41) is 9.73. The average molecular weight is 444 g/mol. The molecule has 0 bridgehead atoms. The molecule has 0 aliphatic heterocycles. The second-order valence-electron chi connectivity index (χ2n) is 8.88. The van der Waals surface area contributed by atoms with Gasteiger partial charge in [-0.2, -0.15) is 4.31 Å². The second kappa shape index (κ2) is 10.0. The summed E-state index contributed by atoms with van der Waals surface area (Å²) < 4.78 is 35.4. The molecule has 2 aromatic carbocycles. The molecular formula is C25H33NO4S. The summed E-state index contributed by atoms with van der Waals surface area (Å²) in [4.78, 5) is 0. The Balaban J connectivity index is 1.60. The van der Waals surface area contributed by atoms with E-state index in [1.165, 1.54) is 18.9 Å². The van der Waals surface area contributed by atoms with E-state index in [1.54, 1.807) is 24.3 Å². The molecule has 2 aliphatic carbocycles. The van der Waals surface area contributed by atoms with E-state index in [-0.39, 0.29) is 23.6 Å². The maximum Gasteiger partial charge on any atom is 0.218 e. The van der Waals surface area contributed by atoms with Crippen LogP contribution < -0.4 is 4.74 Å². The molecule has 6 heteroatoms. The first kappa shape index (κ1) is 22.2. The number of aromatic hydroxyl groups is 1. The third-order valence-electron chi connectivity index (χ3n) is 6.55. The highest BCUT2D eigenvalue weighted by atomic mass is 32.2. The van der Waals surface area contributed by atoms with Crippen LogP contribution in [0, 0.1) is 0 Å². The molecule has 2 aromatic rings. The standard InChI is InChI=1S/C25H33NO4S/c27-23-15-9-16-24(18-23)30-25-17-8-7-10-20(25)19-31(28,29)26(21-11-3-1-4-12-21)22-13-5-2-6-14-22/h7-10,15-18,21-22,27H,1-6,11-14,19H2. The molecule has 0 aromatic heterocycles. The van der Waals surface area contributed by atoms with Gasteiger partial charge in [-0.1, -0.05) is 62.8 Å². The van der Waals surface area contributed by atoms with Crippen LogP contribution in [0.1, 0.15) is 69.8 Å². The summed E-state index contributed by atoms with van der Waals surface area (Å²) in [7, 11) is -3.49. The van der Waals surface area contributed by atoms with E-state index in [0.717, 1.165) is 51.4 Å². The van der Waals surface area contributed by atoms with Crippen molar-refractivity contribution in [3.05, 3.63) is 54.1 Å². The van der Waals surface area contributed by atoms with Gasteiger partial charge in [0.2, 0.25) is 10.0 Å². The number of nitrogens with zero attached hydrogens (tertiary/aromatic N) is 1. The number of ether oxygens (including phenoxy) is 1. The summed E-state index contributed by atoms with van der Waals surface area (Å²) in [5.74, 6) is 1.06. The molecule has 5 nitrogen and oxygen atoms in total. The lowest BCUT2D eigenvalue weighted by Crippen LogP contribution is -2.49. The molecule has 0 heterocycles. The maximum absolute atomic E-state index is 13.8. The van der Waals surface area contributed by atoms with Gasteiger partial charge in [0.25, 0.3) is 0 Å². The minimum atomic E-state index is -3.49. The van der Waals surface area contributed by atoms with Gasteiger partial charge in [-0.3, -0.25) is 0 Å². The van der Waals surface area contributed by atoms with Crippen LogP contribution in [0.2, 0.25) is 0 Å². The number of phenols is 1. The van der Waals surface area contributed by atoms with Crippen LogP contribution in [0.15, 0.2) is 48.5 Å². The zero-order valence-electron chi connectivity index (χ0n) is 18.1. The first-order chi connectivity index (χ1) is 15.0. The number of sulfonamides is 1. The van der Waals surface area contributed by atoms with Crippen molar-refractivity contribution >= 4 is 10.0 Å². The normalized spacial score (nSPS) is 18.9. The van der Waals surface area contributed by atoms with Crippen LogP contribution in [0.5, 0.6) is 17.2 Å². The van der Waals surface area contributed by atoms with E-state index >= 15 is 0 Å². The summed E-state index contributed by atoms with van der Waals surface area (Å²) in [5.41, 5.74) is 0.655. The van der Waals surface area contributed by atoms with E-state index < -0.39 is 10.0 Å². The molecule has 2 aliphatic rings. The predicted octanol–water partition coefficient (Wildman–Crippen LogP) is 5.98. The number of phenolic OH excluding ortho intramolecular Hbond substituents is 1. The summed E-state index contributed by atoms with van der Waals surface area (Å²) in [6, 6.07) is 14.1. The first-order valence-electron chi connectivity index (χ1n) is 11.6. The summed E-state index contributed by atoms with van der Waals surface area (Å²) in [6.07, 6.45) is 10.7. The molecule has 168 valence electrons. The van der Waals surface area contributed by atoms with E-state index in [2.05, 4.69) is 0 Å². The van der Waals surface area contributed by atoms with Gasteiger partial charge in [-0.05, 0) is 43.9 Å². The van der Waals surface area contributed by atoms with Gasteiger partial charge in [-0.15, -0.1) is 0 Å². The molecule has 0 atom stereocenters. The van der Waals surface area contributed by atoms with Gasteiger partial charge in [0.05, 0.1) is 5.75 Å². The lowest BCUT2D eigenvalue weighted by atomic mass is 9.91. The topological polar surface area (TPSA) is 66.8 Å². The van der Waals surface area contributed by atoms with Crippen LogP contribution in [0.25, 0.3) is 0 Å². The lowest BCUT2D eigenvalue weighted by molar-refractivity contribution is 0.169. The van der Waals surface area contributed by atoms with Crippen molar-refractivity contribution < 1.29 is 18.3 Å². The smallest absolute Gasteiger partial charge is 0.218 e. The van der Waals surface area contributed by atoms with Crippen molar-refractivity contribution in [3.8, 4) is 17.2 Å². The third kappa shape index (κ3) is 5.60. The molecule has 0 amide bonds. The molecule has 31 heavy (non-hydrogen) atoms. The Morgan fingerprint density at radius 2 is 1.45 bits per heavy atom. The Labute approximate surface area is 186 Å². The molecule has 0 radical (unpaired) electrons. The second-order valence-corrected chi connectivity index (χ2v) is 10.8. The summed E-state index contributed by atoms with van der Waals surface area (Å²) >= 11 is 0. The van der Waals surface area contributed by atoms with Crippen LogP contribution in [0.3, 0.4) is 0 Å². The van der Waals surface area contributed by atoms with Gasteiger partial charge in [0.1, 0.15) is 17.2 Å². The quantitative estimate of drug-likeness (QED) is 0.571. The van der Waals surface area contributed by atoms with Crippen molar-refractivity contribution in [1.82, 2.24) is 4.31 Å². The monoisotopic (exact) mass is 443 g/mol. The number of hydrogen-bond acceptors (Lipinski definition) is 4. The Bertz CT molecular complexity index is 945. The van der Waals surface area contributed by atoms with Gasteiger partial charge in [0, 0.05) is 23.7 Å². The third-order valence-corrected chi connectivity index (χ3v) is 8.46. The Hall–Kier alpha value is -2.05. The number of benzene rings is 2.